The zero-order chi connectivity index (χ0) is 18.0. The van der Waals surface area contributed by atoms with E-state index < -0.39 is 5.79 Å². The van der Waals surface area contributed by atoms with Gasteiger partial charge in [-0.1, -0.05) is 0 Å². The van der Waals surface area contributed by atoms with Crippen molar-refractivity contribution in [3.05, 3.63) is 40.6 Å². The molecule has 2 amide bonds. The van der Waals surface area contributed by atoms with Crippen molar-refractivity contribution >= 4 is 28.8 Å². The number of nitrogens with one attached hydrogen (secondary N) is 2. The highest BCUT2D eigenvalue weighted by atomic mass is 32.1. The van der Waals surface area contributed by atoms with Crippen LogP contribution >= 0.6 is 11.3 Å². The summed E-state index contributed by atoms with van der Waals surface area (Å²) in [4.78, 5) is 23.9. The quantitative estimate of drug-likeness (QED) is 0.842. The molecule has 0 atom stereocenters. The third-order valence-electron chi connectivity index (χ3n) is 4.61. The standard InChI is InChI=1S/C19H20N2O4S/c22-17(5-9-20-18(23)13-6-10-26-12-13)21-14-3-4-15-16(11-14)25-19(24-15)7-1-2-8-19/h3-4,6,10-12H,1-2,5,7-9H2,(H,20,23)(H,21,22). The molecular weight excluding hydrogens is 352 g/mol. The van der Waals surface area contributed by atoms with E-state index in [1.165, 1.54) is 11.3 Å². The van der Waals surface area contributed by atoms with Crippen molar-refractivity contribution in [3.8, 4) is 11.5 Å². The summed E-state index contributed by atoms with van der Waals surface area (Å²) in [6, 6.07) is 7.18. The highest BCUT2D eigenvalue weighted by Crippen LogP contribution is 2.47. The van der Waals surface area contributed by atoms with Crippen molar-refractivity contribution in [1.82, 2.24) is 5.32 Å². The SMILES string of the molecule is O=C(CCNC(=O)c1ccsc1)Nc1ccc2c(c1)OC1(CCCC1)O2. The Morgan fingerprint density at radius 3 is 2.69 bits per heavy atom. The molecule has 136 valence electrons. The second-order valence-electron chi connectivity index (χ2n) is 6.55. The summed E-state index contributed by atoms with van der Waals surface area (Å²) in [5.74, 6) is 0.578. The van der Waals surface area contributed by atoms with Gasteiger partial charge in [0.25, 0.3) is 11.7 Å². The molecule has 2 aromatic rings. The van der Waals surface area contributed by atoms with Gasteiger partial charge in [-0.2, -0.15) is 11.3 Å². The zero-order valence-corrected chi connectivity index (χ0v) is 15.1. The third kappa shape index (κ3) is 3.53. The number of carbonyl (C=O) groups excluding carboxylic acids is 2. The first-order valence-electron chi connectivity index (χ1n) is 8.76. The number of hydrogen-bond acceptors (Lipinski definition) is 5. The average Bonchev–Trinajstić information content (AvgIpc) is 3.35. The normalized spacial score (nSPS) is 16.6. The molecule has 1 fully saturated rings. The first kappa shape index (κ1) is 16.9. The maximum atomic E-state index is 12.1. The number of fused-ring (bicyclic) bond motifs is 1. The van der Waals surface area contributed by atoms with Gasteiger partial charge < -0.3 is 20.1 Å². The predicted octanol–water partition coefficient (Wildman–Crippen LogP) is 3.55. The van der Waals surface area contributed by atoms with Crippen LogP contribution in [0.15, 0.2) is 35.0 Å². The van der Waals surface area contributed by atoms with Crippen LogP contribution in [0.25, 0.3) is 0 Å². The molecular formula is C19H20N2O4S. The summed E-state index contributed by atoms with van der Waals surface area (Å²) in [6.45, 7) is 0.286. The Balaban J connectivity index is 1.28. The van der Waals surface area contributed by atoms with Gasteiger partial charge in [-0.25, -0.2) is 0 Å². The van der Waals surface area contributed by atoms with Crippen molar-refractivity contribution in [3.63, 3.8) is 0 Å². The summed E-state index contributed by atoms with van der Waals surface area (Å²) in [5.41, 5.74) is 1.28. The maximum Gasteiger partial charge on any atom is 0.252 e. The minimum atomic E-state index is -0.503. The van der Waals surface area contributed by atoms with Gasteiger partial charge in [-0.3, -0.25) is 9.59 Å². The molecule has 1 aliphatic heterocycles. The monoisotopic (exact) mass is 372 g/mol. The van der Waals surface area contributed by atoms with E-state index in [9.17, 15) is 9.59 Å². The second-order valence-corrected chi connectivity index (χ2v) is 7.33. The molecule has 1 saturated carbocycles. The van der Waals surface area contributed by atoms with E-state index in [-0.39, 0.29) is 24.8 Å². The minimum absolute atomic E-state index is 0.162. The second kappa shape index (κ2) is 6.99. The van der Waals surface area contributed by atoms with Crippen molar-refractivity contribution in [2.75, 3.05) is 11.9 Å². The van der Waals surface area contributed by atoms with Crippen molar-refractivity contribution in [2.24, 2.45) is 0 Å². The highest BCUT2D eigenvalue weighted by Gasteiger charge is 2.44. The van der Waals surface area contributed by atoms with E-state index in [1.54, 1.807) is 23.6 Å². The van der Waals surface area contributed by atoms with Crippen molar-refractivity contribution < 1.29 is 19.1 Å². The van der Waals surface area contributed by atoms with Crippen LogP contribution in [0, 0.1) is 0 Å². The highest BCUT2D eigenvalue weighted by molar-refractivity contribution is 7.08. The minimum Gasteiger partial charge on any atom is -0.448 e. The number of hydrogen-bond donors (Lipinski definition) is 2. The zero-order valence-electron chi connectivity index (χ0n) is 14.2. The predicted molar refractivity (Wildman–Crippen MR) is 98.8 cm³/mol. The summed E-state index contributed by atoms with van der Waals surface area (Å²) in [5, 5.41) is 9.20. The van der Waals surface area contributed by atoms with Crippen LogP contribution in [-0.4, -0.2) is 24.1 Å². The van der Waals surface area contributed by atoms with E-state index in [1.807, 2.05) is 11.4 Å². The first-order valence-corrected chi connectivity index (χ1v) is 9.70. The lowest BCUT2D eigenvalue weighted by molar-refractivity contribution is -0.116. The lowest BCUT2D eigenvalue weighted by atomic mass is 10.2. The number of rotatable bonds is 5. The fourth-order valence-electron chi connectivity index (χ4n) is 3.30. The van der Waals surface area contributed by atoms with Crippen LogP contribution in [0.3, 0.4) is 0 Å². The van der Waals surface area contributed by atoms with E-state index >= 15 is 0 Å². The topological polar surface area (TPSA) is 76.7 Å². The molecule has 26 heavy (non-hydrogen) atoms. The lowest BCUT2D eigenvalue weighted by Gasteiger charge is -2.21. The molecule has 1 aromatic heterocycles. The van der Waals surface area contributed by atoms with Gasteiger partial charge in [0.15, 0.2) is 11.5 Å². The molecule has 1 aromatic carbocycles. The summed E-state index contributed by atoms with van der Waals surface area (Å²) in [6.07, 6.45) is 4.21. The molecule has 2 heterocycles. The molecule has 7 heteroatoms. The summed E-state index contributed by atoms with van der Waals surface area (Å²) < 4.78 is 12.0. The Morgan fingerprint density at radius 2 is 1.92 bits per heavy atom. The van der Waals surface area contributed by atoms with Gasteiger partial charge in [0.05, 0.1) is 0 Å². The molecule has 1 spiro atoms. The molecule has 1 aliphatic carbocycles. The van der Waals surface area contributed by atoms with Crippen LogP contribution in [0.1, 0.15) is 42.5 Å². The van der Waals surface area contributed by atoms with E-state index in [2.05, 4.69) is 10.6 Å². The fraction of sp³-hybridized carbons (Fsp3) is 0.368. The van der Waals surface area contributed by atoms with E-state index in [4.69, 9.17) is 9.47 Å². The average molecular weight is 372 g/mol. The molecule has 2 aliphatic rings. The number of benzene rings is 1. The number of thiophene rings is 1. The fourth-order valence-corrected chi connectivity index (χ4v) is 3.93. The smallest absolute Gasteiger partial charge is 0.252 e. The Morgan fingerprint density at radius 1 is 1.12 bits per heavy atom. The van der Waals surface area contributed by atoms with Crippen LogP contribution < -0.4 is 20.1 Å². The summed E-state index contributed by atoms with van der Waals surface area (Å²) in [7, 11) is 0. The van der Waals surface area contributed by atoms with Gasteiger partial charge in [-0.15, -0.1) is 0 Å². The number of amides is 2. The Bertz CT molecular complexity index is 813. The molecule has 6 nitrogen and oxygen atoms in total. The Kier molecular flexibility index (Phi) is 4.55. The molecule has 0 bridgehead atoms. The summed E-state index contributed by atoms with van der Waals surface area (Å²) >= 11 is 1.46. The number of carbonyl (C=O) groups is 2. The molecule has 0 saturated heterocycles. The molecule has 0 unspecified atom stereocenters. The van der Waals surface area contributed by atoms with Crippen LogP contribution in [0.2, 0.25) is 0 Å². The van der Waals surface area contributed by atoms with Gasteiger partial charge >= 0.3 is 0 Å². The Labute approximate surface area is 155 Å². The number of anilines is 1. The first-order chi connectivity index (χ1) is 12.6. The van der Waals surface area contributed by atoms with Crippen LogP contribution in [-0.2, 0) is 4.79 Å². The van der Waals surface area contributed by atoms with Gasteiger partial charge in [0.2, 0.25) is 5.91 Å². The van der Waals surface area contributed by atoms with E-state index in [0.29, 0.717) is 17.0 Å². The van der Waals surface area contributed by atoms with Gasteiger partial charge in [0, 0.05) is 48.5 Å². The van der Waals surface area contributed by atoms with Gasteiger partial charge in [0.1, 0.15) is 0 Å². The van der Waals surface area contributed by atoms with Gasteiger partial charge in [-0.05, 0) is 36.4 Å². The molecule has 2 N–H and O–H groups in total. The van der Waals surface area contributed by atoms with E-state index in [0.717, 1.165) is 31.4 Å². The van der Waals surface area contributed by atoms with Crippen LogP contribution in [0.4, 0.5) is 5.69 Å². The maximum absolute atomic E-state index is 12.1. The van der Waals surface area contributed by atoms with Crippen molar-refractivity contribution in [2.45, 2.75) is 37.9 Å². The van der Waals surface area contributed by atoms with Crippen LogP contribution in [0.5, 0.6) is 11.5 Å². The Hall–Kier alpha value is -2.54. The lowest BCUT2D eigenvalue weighted by Crippen LogP contribution is -2.34. The molecule has 4 rings (SSSR count). The largest absolute Gasteiger partial charge is 0.448 e. The number of ether oxygens (including phenoxy) is 2. The molecule has 0 radical (unpaired) electrons. The third-order valence-corrected chi connectivity index (χ3v) is 5.29. The van der Waals surface area contributed by atoms with Crippen molar-refractivity contribution in [1.29, 1.82) is 0 Å².